The summed E-state index contributed by atoms with van der Waals surface area (Å²) in [6.45, 7) is 3.86. The van der Waals surface area contributed by atoms with E-state index in [-0.39, 0.29) is 0 Å². The molecule has 0 bridgehead atoms. The van der Waals surface area contributed by atoms with Gasteiger partial charge in [-0.05, 0) is 37.1 Å². The molecule has 0 amide bonds. The number of halogens is 1. The van der Waals surface area contributed by atoms with Gasteiger partial charge in [-0.2, -0.15) is 0 Å². The van der Waals surface area contributed by atoms with Gasteiger partial charge in [0.25, 0.3) is 0 Å². The maximum atomic E-state index is 10.6. The molecule has 1 N–H and O–H groups in total. The zero-order valence-corrected chi connectivity index (χ0v) is 11.5. The first-order valence-corrected chi connectivity index (χ1v) is 6.35. The summed E-state index contributed by atoms with van der Waals surface area (Å²) in [4.78, 5) is 0. The molecule has 0 saturated heterocycles. The molecule has 0 aliphatic rings. The second-order valence-electron chi connectivity index (χ2n) is 4.45. The van der Waals surface area contributed by atoms with Gasteiger partial charge in [0.15, 0.2) is 0 Å². The standard InChI is InChI=1S/C15H15BrO/c1-11-3-5-12(6-4-11)15(2,17)13-7-9-14(16)10-8-13/h3-10,17H,1-2H3. The molecule has 88 valence electrons. The van der Waals surface area contributed by atoms with Crippen molar-refractivity contribution in [3.63, 3.8) is 0 Å². The van der Waals surface area contributed by atoms with Gasteiger partial charge in [0.1, 0.15) is 5.60 Å². The van der Waals surface area contributed by atoms with Crippen molar-refractivity contribution in [3.05, 3.63) is 69.7 Å². The summed E-state index contributed by atoms with van der Waals surface area (Å²) >= 11 is 3.40. The summed E-state index contributed by atoms with van der Waals surface area (Å²) < 4.78 is 1.01. The van der Waals surface area contributed by atoms with Crippen molar-refractivity contribution in [2.24, 2.45) is 0 Å². The van der Waals surface area contributed by atoms with E-state index in [0.717, 1.165) is 15.6 Å². The normalized spacial score (nSPS) is 14.4. The Labute approximate surface area is 110 Å². The van der Waals surface area contributed by atoms with Crippen LogP contribution in [0.4, 0.5) is 0 Å². The van der Waals surface area contributed by atoms with E-state index in [0.29, 0.717) is 0 Å². The summed E-state index contributed by atoms with van der Waals surface area (Å²) in [6, 6.07) is 15.7. The van der Waals surface area contributed by atoms with Crippen LogP contribution < -0.4 is 0 Å². The average Bonchev–Trinajstić information content (AvgIpc) is 2.30. The summed E-state index contributed by atoms with van der Waals surface area (Å²) in [7, 11) is 0. The van der Waals surface area contributed by atoms with Crippen LogP contribution in [0.25, 0.3) is 0 Å². The molecule has 0 spiro atoms. The zero-order chi connectivity index (χ0) is 12.5. The van der Waals surface area contributed by atoms with Gasteiger partial charge in [0, 0.05) is 4.47 Å². The van der Waals surface area contributed by atoms with Gasteiger partial charge in [-0.25, -0.2) is 0 Å². The summed E-state index contributed by atoms with van der Waals surface area (Å²) in [5, 5.41) is 10.6. The van der Waals surface area contributed by atoms with E-state index in [1.54, 1.807) is 0 Å². The maximum absolute atomic E-state index is 10.6. The molecule has 1 unspecified atom stereocenters. The first-order valence-electron chi connectivity index (χ1n) is 5.56. The minimum absolute atomic E-state index is 0.893. The molecule has 0 fully saturated rings. The molecule has 0 aliphatic heterocycles. The SMILES string of the molecule is Cc1ccc(C(C)(O)c2ccc(Br)cc2)cc1. The van der Waals surface area contributed by atoms with Gasteiger partial charge in [-0.3, -0.25) is 0 Å². The Morgan fingerprint density at radius 2 is 1.29 bits per heavy atom. The van der Waals surface area contributed by atoms with E-state index in [9.17, 15) is 5.11 Å². The summed E-state index contributed by atoms with van der Waals surface area (Å²) in [5.74, 6) is 0. The van der Waals surface area contributed by atoms with Crippen molar-refractivity contribution in [1.29, 1.82) is 0 Å². The second-order valence-corrected chi connectivity index (χ2v) is 5.36. The highest BCUT2D eigenvalue weighted by atomic mass is 79.9. The lowest BCUT2D eigenvalue weighted by Crippen LogP contribution is -2.22. The molecular formula is C15H15BrO. The van der Waals surface area contributed by atoms with Crippen LogP contribution >= 0.6 is 15.9 Å². The lowest BCUT2D eigenvalue weighted by molar-refractivity contribution is 0.102. The molecular weight excluding hydrogens is 276 g/mol. The summed E-state index contributed by atoms with van der Waals surface area (Å²) in [5.41, 5.74) is 2.05. The van der Waals surface area contributed by atoms with Gasteiger partial charge in [0.2, 0.25) is 0 Å². The number of aryl methyl sites for hydroxylation is 1. The maximum Gasteiger partial charge on any atom is 0.112 e. The Morgan fingerprint density at radius 1 is 0.882 bits per heavy atom. The van der Waals surface area contributed by atoms with Crippen molar-refractivity contribution in [1.82, 2.24) is 0 Å². The van der Waals surface area contributed by atoms with E-state index >= 15 is 0 Å². The monoisotopic (exact) mass is 290 g/mol. The fourth-order valence-corrected chi connectivity index (χ4v) is 2.08. The van der Waals surface area contributed by atoms with E-state index < -0.39 is 5.60 Å². The predicted octanol–water partition coefficient (Wildman–Crippen LogP) is 4.01. The Bertz CT molecular complexity index is 450. The molecule has 1 atom stereocenters. The van der Waals surface area contributed by atoms with Crippen LogP contribution in [0, 0.1) is 6.92 Å². The second kappa shape index (κ2) is 4.63. The van der Waals surface area contributed by atoms with E-state index in [1.165, 1.54) is 5.56 Å². The summed E-state index contributed by atoms with van der Waals surface area (Å²) in [6.07, 6.45) is 0. The van der Waals surface area contributed by atoms with Crippen LogP contribution in [-0.2, 0) is 5.60 Å². The predicted molar refractivity (Wildman–Crippen MR) is 74.0 cm³/mol. The van der Waals surface area contributed by atoms with Crippen molar-refractivity contribution in [3.8, 4) is 0 Å². The first kappa shape index (κ1) is 12.3. The molecule has 2 heteroatoms. The highest BCUT2D eigenvalue weighted by Gasteiger charge is 2.25. The zero-order valence-electron chi connectivity index (χ0n) is 9.94. The molecule has 0 heterocycles. The lowest BCUT2D eigenvalue weighted by atomic mass is 9.88. The van der Waals surface area contributed by atoms with Gasteiger partial charge >= 0.3 is 0 Å². The number of benzene rings is 2. The van der Waals surface area contributed by atoms with Gasteiger partial charge in [-0.1, -0.05) is 57.9 Å². The largest absolute Gasteiger partial charge is 0.381 e. The molecule has 1 nitrogen and oxygen atoms in total. The van der Waals surface area contributed by atoms with Crippen LogP contribution in [-0.4, -0.2) is 5.11 Å². The minimum Gasteiger partial charge on any atom is -0.381 e. The Hall–Kier alpha value is -1.12. The highest BCUT2D eigenvalue weighted by molar-refractivity contribution is 9.10. The third-order valence-corrected chi connectivity index (χ3v) is 3.55. The van der Waals surface area contributed by atoms with Crippen LogP contribution in [0.1, 0.15) is 23.6 Å². The number of aliphatic hydroxyl groups is 1. The molecule has 17 heavy (non-hydrogen) atoms. The molecule has 0 aliphatic carbocycles. The quantitative estimate of drug-likeness (QED) is 0.886. The Balaban J connectivity index is 2.41. The minimum atomic E-state index is -0.950. The van der Waals surface area contributed by atoms with Crippen LogP contribution in [0.15, 0.2) is 53.0 Å². The van der Waals surface area contributed by atoms with Gasteiger partial charge in [0.05, 0.1) is 0 Å². The fraction of sp³-hybridized carbons (Fsp3) is 0.200. The number of hydrogen-bond acceptors (Lipinski definition) is 1. The van der Waals surface area contributed by atoms with Crippen LogP contribution in [0.5, 0.6) is 0 Å². The van der Waals surface area contributed by atoms with Crippen molar-refractivity contribution in [2.45, 2.75) is 19.4 Å². The molecule has 0 saturated carbocycles. The molecule has 0 aromatic heterocycles. The van der Waals surface area contributed by atoms with Crippen LogP contribution in [0.3, 0.4) is 0 Å². The van der Waals surface area contributed by atoms with E-state index in [2.05, 4.69) is 15.9 Å². The highest BCUT2D eigenvalue weighted by Crippen LogP contribution is 2.29. The Kier molecular flexibility index (Phi) is 3.36. The lowest BCUT2D eigenvalue weighted by Gasteiger charge is -2.24. The molecule has 2 rings (SSSR count). The molecule has 0 radical (unpaired) electrons. The fourth-order valence-electron chi connectivity index (χ4n) is 1.82. The third kappa shape index (κ3) is 2.59. The van der Waals surface area contributed by atoms with Crippen LogP contribution in [0.2, 0.25) is 0 Å². The van der Waals surface area contributed by atoms with Gasteiger partial charge in [-0.15, -0.1) is 0 Å². The third-order valence-electron chi connectivity index (χ3n) is 3.02. The Morgan fingerprint density at radius 3 is 1.76 bits per heavy atom. The smallest absolute Gasteiger partial charge is 0.112 e. The number of rotatable bonds is 2. The molecule has 2 aromatic carbocycles. The van der Waals surface area contributed by atoms with Crippen molar-refractivity contribution < 1.29 is 5.11 Å². The van der Waals surface area contributed by atoms with Gasteiger partial charge < -0.3 is 5.11 Å². The number of hydrogen-bond donors (Lipinski definition) is 1. The molecule has 2 aromatic rings. The topological polar surface area (TPSA) is 20.2 Å². The first-order chi connectivity index (χ1) is 8.00. The van der Waals surface area contributed by atoms with Crippen molar-refractivity contribution in [2.75, 3.05) is 0 Å². The average molecular weight is 291 g/mol. The van der Waals surface area contributed by atoms with Crippen molar-refractivity contribution >= 4 is 15.9 Å². The van der Waals surface area contributed by atoms with E-state index in [1.807, 2.05) is 62.4 Å². The van der Waals surface area contributed by atoms with E-state index in [4.69, 9.17) is 0 Å².